The third-order valence-corrected chi connectivity index (χ3v) is 4.09. The summed E-state index contributed by atoms with van der Waals surface area (Å²) in [5, 5.41) is 0. The van der Waals surface area contributed by atoms with Crippen LogP contribution in [0.1, 0.15) is 47.5 Å². The van der Waals surface area contributed by atoms with E-state index in [9.17, 15) is 9.59 Å². The van der Waals surface area contributed by atoms with E-state index in [0.29, 0.717) is 6.42 Å². The van der Waals surface area contributed by atoms with Gasteiger partial charge in [0, 0.05) is 6.42 Å². The molecule has 0 aliphatic heterocycles. The maximum Gasteiger partial charge on any atom is 0.158 e. The summed E-state index contributed by atoms with van der Waals surface area (Å²) in [7, 11) is 0. The number of carbonyl (C=O) groups excluding carboxylic acids is 2. The minimum atomic E-state index is 0.0495. The average Bonchev–Trinajstić information content (AvgIpc) is 2.43. The SMILES string of the molecule is CC1=C(/C=C/C(C)=C/C=C/C(C)=C/C=O)C(C)(C)CCC1=O. The van der Waals surface area contributed by atoms with Crippen molar-refractivity contribution in [2.75, 3.05) is 0 Å². The molecular weight excluding hydrogens is 272 g/mol. The summed E-state index contributed by atoms with van der Waals surface area (Å²) in [6, 6.07) is 0. The molecule has 0 fully saturated rings. The van der Waals surface area contributed by atoms with Crippen LogP contribution in [-0.2, 0) is 9.59 Å². The number of ketones is 1. The lowest BCUT2D eigenvalue weighted by Gasteiger charge is -2.32. The zero-order chi connectivity index (χ0) is 16.8. The molecule has 0 N–H and O–H groups in total. The normalized spacial score (nSPS) is 20.3. The predicted molar refractivity (Wildman–Crippen MR) is 92.6 cm³/mol. The maximum atomic E-state index is 11.9. The zero-order valence-electron chi connectivity index (χ0n) is 14.3. The first-order chi connectivity index (χ1) is 10.3. The second-order valence-corrected chi connectivity index (χ2v) is 6.50. The number of rotatable bonds is 5. The molecule has 0 atom stereocenters. The Kier molecular flexibility index (Phi) is 6.48. The molecule has 1 rings (SSSR count). The summed E-state index contributed by atoms with van der Waals surface area (Å²) in [5.74, 6) is 0.259. The van der Waals surface area contributed by atoms with Gasteiger partial charge >= 0.3 is 0 Å². The first-order valence-corrected chi connectivity index (χ1v) is 7.67. The summed E-state index contributed by atoms with van der Waals surface area (Å²) in [6.45, 7) is 10.2. The molecule has 0 saturated heterocycles. The third-order valence-electron chi connectivity index (χ3n) is 4.09. The monoisotopic (exact) mass is 298 g/mol. The van der Waals surface area contributed by atoms with Crippen molar-refractivity contribution < 1.29 is 9.59 Å². The van der Waals surface area contributed by atoms with Crippen LogP contribution < -0.4 is 0 Å². The molecule has 0 heterocycles. The number of hydrogen-bond acceptors (Lipinski definition) is 2. The first kappa shape index (κ1) is 18.1. The van der Waals surface area contributed by atoms with Crippen molar-refractivity contribution in [3.05, 3.63) is 58.7 Å². The van der Waals surface area contributed by atoms with Crippen molar-refractivity contribution in [2.45, 2.75) is 47.5 Å². The van der Waals surface area contributed by atoms with Crippen molar-refractivity contribution in [1.29, 1.82) is 0 Å². The molecule has 1 aliphatic carbocycles. The number of allylic oxidation sites excluding steroid dienone is 10. The van der Waals surface area contributed by atoms with Crippen LogP contribution in [0.4, 0.5) is 0 Å². The van der Waals surface area contributed by atoms with E-state index in [2.05, 4.69) is 19.9 Å². The van der Waals surface area contributed by atoms with E-state index in [-0.39, 0.29) is 11.2 Å². The van der Waals surface area contributed by atoms with Gasteiger partial charge in [-0.3, -0.25) is 9.59 Å². The van der Waals surface area contributed by atoms with Crippen LogP contribution in [0, 0.1) is 5.41 Å². The summed E-state index contributed by atoms with van der Waals surface area (Å²) < 4.78 is 0. The Morgan fingerprint density at radius 1 is 1.09 bits per heavy atom. The fraction of sp³-hybridized carbons (Fsp3) is 0.400. The lowest BCUT2D eigenvalue weighted by Crippen LogP contribution is -2.24. The van der Waals surface area contributed by atoms with Crippen LogP contribution in [0.5, 0.6) is 0 Å². The van der Waals surface area contributed by atoms with Crippen molar-refractivity contribution >= 4 is 12.1 Å². The molecule has 0 spiro atoms. The highest BCUT2D eigenvalue weighted by Gasteiger charge is 2.30. The topological polar surface area (TPSA) is 34.1 Å². The Bertz CT molecular complexity index is 593. The molecule has 0 aromatic heterocycles. The number of hydrogen-bond donors (Lipinski definition) is 0. The summed E-state index contributed by atoms with van der Waals surface area (Å²) >= 11 is 0. The van der Waals surface area contributed by atoms with Gasteiger partial charge in [-0.25, -0.2) is 0 Å². The zero-order valence-corrected chi connectivity index (χ0v) is 14.3. The number of Topliss-reactive ketones (excluding diaryl/α,β-unsaturated/α-hetero) is 1. The quantitative estimate of drug-likeness (QED) is 0.411. The molecule has 0 radical (unpaired) electrons. The second-order valence-electron chi connectivity index (χ2n) is 6.50. The summed E-state index contributed by atoms with van der Waals surface area (Å²) in [4.78, 5) is 22.2. The lowest BCUT2D eigenvalue weighted by atomic mass is 9.72. The Balaban J connectivity index is 2.90. The molecule has 0 unspecified atom stereocenters. The molecule has 2 nitrogen and oxygen atoms in total. The lowest BCUT2D eigenvalue weighted by molar-refractivity contribution is -0.116. The standard InChI is InChI=1S/C20H26O2/c1-15(7-6-8-16(2)12-14-21)9-10-18-17(3)19(22)11-13-20(18,4)5/h6-10,12,14H,11,13H2,1-5H3/b8-6+,10-9+,15-7+,16-12+. The van der Waals surface area contributed by atoms with Crippen LogP contribution in [0.3, 0.4) is 0 Å². The Labute approximate surface area is 134 Å². The van der Waals surface area contributed by atoms with E-state index in [0.717, 1.165) is 35.0 Å². The molecule has 22 heavy (non-hydrogen) atoms. The van der Waals surface area contributed by atoms with Crippen molar-refractivity contribution in [3.63, 3.8) is 0 Å². The van der Waals surface area contributed by atoms with Crippen LogP contribution in [0.15, 0.2) is 58.7 Å². The van der Waals surface area contributed by atoms with E-state index >= 15 is 0 Å². The largest absolute Gasteiger partial charge is 0.299 e. The van der Waals surface area contributed by atoms with E-state index in [4.69, 9.17) is 0 Å². The molecular formula is C20H26O2. The fourth-order valence-electron chi connectivity index (χ4n) is 2.54. The van der Waals surface area contributed by atoms with Gasteiger partial charge in [0.25, 0.3) is 0 Å². The molecule has 0 aromatic carbocycles. The van der Waals surface area contributed by atoms with Gasteiger partial charge in [0.15, 0.2) is 5.78 Å². The highest BCUT2D eigenvalue weighted by molar-refractivity contribution is 5.97. The first-order valence-electron chi connectivity index (χ1n) is 7.67. The van der Waals surface area contributed by atoms with E-state index in [1.807, 2.05) is 45.1 Å². The molecule has 0 saturated carbocycles. The molecule has 2 heteroatoms. The molecule has 0 amide bonds. The molecule has 0 bridgehead atoms. The van der Waals surface area contributed by atoms with Crippen molar-refractivity contribution in [2.24, 2.45) is 5.41 Å². The van der Waals surface area contributed by atoms with Gasteiger partial charge in [-0.2, -0.15) is 0 Å². The maximum absolute atomic E-state index is 11.9. The van der Waals surface area contributed by atoms with Crippen LogP contribution in [0.25, 0.3) is 0 Å². The van der Waals surface area contributed by atoms with Crippen LogP contribution in [-0.4, -0.2) is 12.1 Å². The van der Waals surface area contributed by atoms with Gasteiger partial charge in [-0.15, -0.1) is 0 Å². The van der Waals surface area contributed by atoms with Crippen LogP contribution in [0.2, 0.25) is 0 Å². The number of aldehydes is 1. The minimum absolute atomic E-state index is 0.0495. The minimum Gasteiger partial charge on any atom is -0.299 e. The van der Waals surface area contributed by atoms with Gasteiger partial charge in [-0.05, 0) is 55.4 Å². The van der Waals surface area contributed by atoms with E-state index in [1.165, 1.54) is 6.08 Å². The van der Waals surface area contributed by atoms with Gasteiger partial charge in [0.2, 0.25) is 0 Å². The number of carbonyl (C=O) groups is 2. The van der Waals surface area contributed by atoms with Gasteiger partial charge in [-0.1, -0.05) is 49.8 Å². The van der Waals surface area contributed by atoms with Gasteiger partial charge in [0.05, 0.1) is 0 Å². The van der Waals surface area contributed by atoms with Crippen molar-refractivity contribution in [1.82, 2.24) is 0 Å². The Morgan fingerprint density at radius 3 is 2.36 bits per heavy atom. The average molecular weight is 298 g/mol. The summed E-state index contributed by atoms with van der Waals surface area (Å²) in [6.07, 6.45) is 13.8. The van der Waals surface area contributed by atoms with E-state index < -0.39 is 0 Å². The second kappa shape index (κ2) is 7.88. The fourth-order valence-corrected chi connectivity index (χ4v) is 2.54. The molecule has 118 valence electrons. The smallest absolute Gasteiger partial charge is 0.158 e. The Hall–Kier alpha value is -1.96. The van der Waals surface area contributed by atoms with Crippen LogP contribution >= 0.6 is 0 Å². The van der Waals surface area contributed by atoms with Gasteiger partial charge < -0.3 is 0 Å². The summed E-state index contributed by atoms with van der Waals surface area (Å²) in [5.41, 5.74) is 4.09. The highest BCUT2D eigenvalue weighted by atomic mass is 16.1. The molecule has 0 aromatic rings. The Morgan fingerprint density at radius 2 is 1.73 bits per heavy atom. The van der Waals surface area contributed by atoms with Gasteiger partial charge in [0.1, 0.15) is 6.29 Å². The molecule has 1 aliphatic rings. The predicted octanol–water partition coefficient (Wildman–Crippen LogP) is 4.90. The third kappa shape index (κ3) is 5.10. The van der Waals surface area contributed by atoms with Crippen molar-refractivity contribution in [3.8, 4) is 0 Å². The van der Waals surface area contributed by atoms with E-state index in [1.54, 1.807) is 0 Å². The highest BCUT2D eigenvalue weighted by Crippen LogP contribution is 2.39.